The van der Waals surface area contributed by atoms with Crippen molar-refractivity contribution in [3.05, 3.63) is 45.6 Å². The van der Waals surface area contributed by atoms with Crippen molar-refractivity contribution in [2.24, 2.45) is 0 Å². The highest BCUT2D eigenvalue weighted by Crippen LogP contribution is 2.24. The van der Waals surface area contributed by atoms with Crippen LogP contribution < -0.4 is 0 Å². The summed E-state index contributed by atoms with van der Waals surface area (Å²) < 4.78 is 29.3. The number of halogens is 2. The molecule has 0 bridgehead atoms. The third-order valence-corrected chi connectivity index (χ3v) is 4.72. The van der Waals surface area contributed by atoms with Gasteiger partial charge in [-0.05, 0) is 17.7 Å². The van der Waals surface area contributed by atoms with Gasteiger partial charge >= 0.3 is 0 Å². The van der Waals surface area contributed by atoms with E-state index in [1.807, 2.05) is 6.92 Å². The van der Waals surface area contributed by atoms with Crippen molar-refractivity contribution in [2.45, 2.75) is 24.9 Å². The maximum atomic E-state index is 12.1. The molecule has 2 rings (SSSR count). The van der Waals surface area contributed by atoms with E-state index in [4.69, 9.17) is 27.6 Å². The van der Waals surface area contributed by atoms with E-state index in [1.165, 1.54) is 6.07 Å². The predicted octanol–water partition coefficient (Wildman–Crippen LogP) is 3.05. The Kier molecular flexibility index (Phi) is 4.67. The maximum absolute atomic E-state index is 12.1. The van der Waals surface area contributed by atoms with Crippen LogP contribution in [0.25, 0.3) is 0 Å². The Hall–Kier alpha value is -1.11. The third kappa shape index (κ3) is 3.94. The zero-order valence-electron chi connectivity index (χ0n) is 10.6. The van der Waals surface area contributed by atoms with Crippen LogP contribution in [0.1, 0.15) is 24.3 Å². The SMILES string of the molecule is CCc1nnc(CS(=O)(=O)Cc2ccc(Cl)c(Cl)c2)o1. The van der Waals surface area contributed by atoms with E-state index in [0.29, 0.717) is 27.9 Å². The first-order valence-electron chi connectivity index (χ1n) is 5.85. The zero-order chi connectivity index (χ0) is 14.8. The van der Waals surface area contributed by atoms with Crippen molar-refractivity contribution in [1.82, 2.24) is 10.2 Å². The van der Waals surface area contributed by atoms with E-state index in [0.717, 1.165) is 0 Å². The number of hydrogen-bond acceptors (Lipinski definition) is 5. The van der Waals surface area contributed by atoms with Crippen LogP contribution in [0.5, 0.6) is 0 Å². The molecule has 0 atom stereocenters. The molecule has 0 aliphatic carbocycles. The number of rotatable bonds is 5. The minimum atomic E-state index is -3.41. The molecular weight excluding hydrogens is 323 g/mol. The zero-order valence-corrected chi connectivity index (χ0v) is 13.0. The van der Waals surface area contributed by atoms with Crippen molar-refractivity contribution in [2.75, 3.05) is 0 Å². The van der Waals surface area contributed by atoms with Crippen LogP contribution in [0.15, 0.2) is 22.6 Å². The summed E-state index contributed by atoms with van der Waals surface area (Å²) in [5.74, 6) is 0.0696. The first-order valence-corrected chi connectivity index (χ1v) is 8.43. The lowest BCUT2D eigenvalue weighted by Crippen LogP contribution is -2.08. The van der Waals surface area contributed by atoms with E-state index in [9.17, 15) is 8.42 Å². The molecule has 0 aliphatic rings. The van der Waals surface area contributed by atoms with Crippen molar-refractivity contribution >= 4 is 33.0 Å². The van der Waals surface area contributed by atoms with Crippen LogP contribution in [0, 0.1) is 0 Å². The van der Waals surface area contributed by atoms with Gasteiger partial charge in [0.1, 0.15) is 5.75 Å². The summed E-state index contributed by atoms with van der Waals surface area (Å²) in [6.45, 7) is 1.85. The van der Waals surface area contributed by atoms with Gasteiger partial charge in [0.25, 0.3) is 0 Å². The van der Waals surface area contributed by atoms with Crippen LogP contribution in [0.2, 0.25) is 10.0 Å². The molecule has 0 N–H and O–H groups in total. The summed E-state index contributed by atoms with van der Waals surface area (Å²) in [7, 11) is -3.41. The van der Waals surface area contributed by atoms with E-state index >= 15 is 0 Å². The number of hydrogen-bond donors (Lipinski definition) is 0. The lowest BCUT2D eigenvalue weighted by Gasteiger charge is -2.03. The molecule has 1 heterocycles. The molecule has 0 amide bonds. The third-order valence-electron chi connectivity index (χ3n) is 2.53. The first-order chi connectivity index (χ1) is 9.39. The quantitative estimate of drug-likeness (QED) is 0.840. The topological polar surface area (TPSA) is 73.1 Å². The molecule has 2 aromatic rings. The summed E-state index contributed by atoms with van der Waals surface area (Å²) in [6.07, 6.45) is 0.569. The average molecular weight is 335 g/mol. The Morgan fingerprint density at radius 2 is 1.80 bits per heavy atom. The molecular formula is C12H12Cl2N2O3S. The number of sulfone groups is 1. The molecule has 1 aromatic heterocycles. The molecule has 0 fully saturated rings. The summed E-state index contributed by atoms with van der Waals surface area (Å²) in [6, 6.07) is 4.72. The predicted molar refractivity (Wildman–Crippen MR) is 76.5 cm³/mol. The van der Waals surface area contributed by atoms with Gasteiger partial charge in [-0.3, -0.25) is 0 Å². The standard InChI is InChI=1S/C12H12Cl2N2O3S/c1-2-11-15-16-12(19-11)7-20(17,18)6-8-3-4-9(13)10(14)5-8/h3-5H,2,6-7H2,1H3. The molecule has 108 valence electrons. The highest BCUT2D eigenvalue weighted by molar-refractivity contribution is 7.89. The van der Waals surface area contributed by atoms with Crippen LogP contribution >= 0.6 is 23.2 Å². The number of nitrogens with zero attached hydrogens (tertiary/aromatic N) is 2. The molecule has 20 heavy (non-hydrogen) atoms. The van der Waals surface area contributed by atoms with Gasteiger partial charge in [-0.15, -0.1) is 10.2 Å². The van der Waals surface area contributed by atoms with Crippen LogP contribution in [0.4, 0.5) is 0 Å². The fourth-order valence-corrected chi connectivity index (χ4v) is 3.22. The van der Waals surface area contributed by atoms with Gasteiger partial charge in [-0.1, -0.05) is 36.2 Å². The molecule has 5 nitrogen and oxygen atoms in total. The van der Waals surface area contributed by atoms with Gasteiger partial charge in [0.05, 0.1) is 15.8 Å². The minimum absolute atomic E-state index is 0.0990. The second kappa shape index (κ2) is 6.11. The maximum Gasteiger partial charge on any atom is 0.231 e. The van der Waals surface area contributed by atoms with Gasteiger partial charge in [0.15, 0.2) is 9.84 Å². The number of aromatic nitrogens is 2. The van der Waals surface area contributed by atoms with Crippen molar-refractivity contribution in [3.63, 3.8) is 0 Å². The monoisotopic (exact) mass is 334 g/mol. The van der Waals surface area contributed by atoms with Gasteiger partial charge in [0, 0.05) is 6.42 Å². The fourth-order valence-electron chi connectivity index (χ4n) is 1.61. The molecule has 0 aliphatic heterocycles. The Bertz CT molecular complexity index is 713. The number of benzene rings is 1. The Balaban J connectivity index is 2.12. The minimum Gasteiger partial charge on any atom is -0.424 e. The molecule has 0 saturated heterocycles. The Morgan fingerprint density at radius 3 is 2.40 bits per heavy atom. The second-order valence-electron chi connectivity index (χ2n) is 4.22. The van der Waals surface area contributed by atoms with Gasteiger partial charge in [0.2, 0.25) is 11.8 Å². The van der Waals surface area contributed by atoms with Crippen molar-refractivity contribution < 1.29 is 12.8 Å². The Morgan fingerprint density at radius 1 is 1.10 bits per heavy atom. The van der Waals surface area contributed by atoms with Gasteiger partial charge < -0.3 is 4.42 Å². The fraction of sp³-hybridized carbons (Fsp3) is 0.333. The molecule has 1 aromatic carbocycles. The van der Waals surface area contributed by atoms with Gasteiger partial charge in [-0.25, -0.2) is 8.42 Å². The molecule has 8 heteroatoms. The van der Waals surface area contributed by atoms with Crippen LogP contribution in [-0.4, -0.2) is 18.6 Å². The largest absolute Gasteiger partial charge is 0.424 e. The van der Waals surface area contributed by atoms with Crippen LogP contribution in [-0.2, 0) is 27.8 Å². The Labute approximate surface area is 126 Å². The average Bonchev–Trinajstić information content (AvgIpc) is 2.80. The molecule has 0 saturated carbocycles. The molecule has 0 spiro atoms. The smallest absolute Gasteiger partial charge is 0.231 e. The van der Waals surface area contributed by atoms with Crippen molar-refractivity contribution in [1.29, 1.82) is 0 Å². The van der Waals surface area contributed by atoms with E-state index in [-0.39, 0.29) is 17.4 Å². The highest BCUT2D eigenvalue weighted by atomic mass is 35.5. The van der Waals surface area contributed by atoms with E-state index < -0.39 is 9.84 Å². The van der Waals surface area contributed by atoms with Crippen molar-refractivity contribution in [3.8, 4) is 0 Å². The summed E-state index contributed by atoms with van der Waals surface area (Å²) >= 11 is 11.6. The normalized spacial score (nSPS) is 11.8. The summed E-state index contributed by atoms with van der Waals surface area (Å²) in [5.41, 5.74) is 0.564. The van der Waals surface area contributed by atoms with E-state index in [1.54, 1.807) is 12.1 Å². The summed E-state index contributed by atoms with van der Waals surface area (Å²) in [5, 5.41) is 8.15. The van der Waals surface area contributed by atoms with E-state index in [2.05, 4.69) is 10.2 Å². The summed E-state index contributed by atoms with van der Waals surface area (Å²) in [4.78, 5) is 0. The lowest BCUT2D eigenvalue weighted by molar-refractivity contribution is 0.465. The lowest BCUT2D eigenvalue weighted by atomic mass is 10.2. The first kappa shape index (κ1) is 15.3. The second-order valence-corrected chi connectivity index (χ2v) is 7.10. The van der Waals surface area contributed by atoms with Crippen LogP contribution in [0.3, 0.4) is 0 Å². The molecule has 0 radical (unpaired) electrons. The van der Waals surface area contributed by atoms with Gasteiger partial charge in [-0.2, -0.15) is 0 Å². The molecule has 0 unspecified atom stereocenters. The number of aryl methyl sites for hydroxylation is 1. The highest BCUT2D eigenvalue weighted by Gasteiger charge is 2.18.